The molecule has 3 aromatic rings. The molecule has 0 bridgehead atoms. The van der Waals surface area contributed by atoms with Crippen LogP contribution in [0.2, 0.25) is 10.0 Å². The molecular formula is C23H14Cl2N2O2S. The number of nitrogens with zero attached hydrogens (tertiary/aromatic N) is 1. The fourth-order valence-electron chi connectivity index (χ4n) is 3.12. The van der Waals surface area contributed by atoms with E-state index in [1.54, 1.807) is 48.5 Å². The van der Waals surface area contributed by atoms with Crippen LogP contribution in [-0.2, 0) is 9.59 Å². The number of thiocarbonyl (C=S) groups is 1. The predicted octanol–water partition coefficient (Wildman–Crippen LogP) is 5.76. The highest BCUT2D eigenvalue weighted by Crippen LogP contribution is 2.32. The molecule has 148 valence electrons. The van der Waals surface area contributed by atoms with Crippen molar-refractivity contribution < 1.29 is 9.59 Å². The molecule has 30 heavy (non-hydrogen) atoms. The number of hydrogen-bond donors (Lipinski definition) is 1. The molecule has 1 amide bonds. The first kappa shape index (κ1) is 20.3. The van der Waals surface area contributed by atoms with Crippen LogP contribution < -0.4 is 10.2 Å². The van der Waals surface area contributed by atoms with E-state index in [0.717, 1.165) is 5.56 Å². The van der Waals surface area contributed by atoms with Crippen molar-refractivity contribution in [2.75, 3.05) is 10.2 Å². The van der Waals surface area contributed by atoms with Crippen molar-refractivity contribution in [1.29, 1.82) is 0 Å². The fourth-order valence-corrected chi connectivity index (χ4v) is 3.75. The van der Waals surface area contributed by atoms with Gasteiger partial charge in [0.15, 0.2) is 0 Å². The van der Waals surface area contributed by atoms with Gasteiger partial charge in [0.1, 0.15) is 4.99 Å². The zero-order valence-electron chi connectivity index (χ0n) is 15.4. The number of hydrogen-bond acceptors (Lipinski definition) is 4. The predicted molar refractivity (Wildman–Crippen MR) is 125 cm³/mol. The Morgan fingerprint density at radius 1 is 0.800 bits per heavy atom. The summed E-state index contributed by atoms with van der Waals surface area (Å²) in [4.78, 5) is 27.2. The van der Waals surface area contributed by atoms with Gasteiger partial charge >= 0.3 is 5.91 Å². The number of amides is 1. The monoisotopic (exact) mass is 452 g/mol. The van der Waals surface area contributed by atoms with Crippen LogP contribution in [0.4, 0.5) is 11.4 Å². The van der Waals surface area contributed by atoms with Gasteiger partial charge in [-0.2, -0.15) is 0 Å². The minimum atomic E-state index is -0.705. The van der Waals surface area contributed by atoms with Crippen molar-refractivity contribution in [3.8, 4) is 0 Å². The summed E-state index contributed by atoms with van der Waals surface area (Å²) in [5, 5.41) is 4.35. The molecule has 0 aliphatic carbocycles. The molecule has 0 unspecified atom stereocenters. The summed E-state index contributed by atoms with van der Waals surface area (Å²) < 4.78 is 0. The lowest BCUT2D eigenvalue weighted by atomic mass is 10.0. The maximum atomic E-state index is 13.0. The van der Waals surface area contributed by atoms with Crippen molar-refractivity contribution in [2.24, 2.45) is 0 Å². The van der Waals surface area contributed by atoms with Crippen molar-refractivity contribution in [2.45, 2.75) is 0 Å². The summed E-state index contributed by atoms with van der Waals surface area (Å²) in [5.74, 6) is -1.38. The average Bonchev–Trinajstić information content (AvgIpc) is 2.98. The van der Waals surface area contributed by atoms with Gasteiger partial charge in [0, 0.05) is 15.7 Å². The minimum absolute atomic E-state index is 0.132. The normalized spacial score (nSPS) is 15.5. The second kappa shape index (κ2) is 8.40. The van der Waals surface area contributed by atoms with Crippen molar-refractivity contribution >= 4 is 69.2 Å². The quantitative estimate of drug-likeness (QED) is 0.310. The van der Waals surface area contributed by atoms with E-state index in [2.05, 4.69) is 5.32 Å². The Balaban J connectivity index is 1.84. The van der Waals surface area contributed by atoms with Crippen molar-refractivity contribution in [3.63, 3.8) is 0 Å². The molecule has 1 aliphatic rings. The van der Waals surface area contributed by atoms with Crippen LogP contribution in [0.1, 0.15) is 5.56 Å². The highest BCUT2D eigenvalue weighted by atomic mass is 35.5. The van der Waals surface area contributed by atoms with Gasteiger partial charge < -0.3 is 5.32 Å². The zero-order chi connectivity index (χ0) is 21.3. The highest BCUT2D eigenvalue weighted by Gasteiger charge is 2.42. The number of ketones is 1. The lowest BCUT2D eigenvalue weighted by molar-refractivity contribution is -0.132. The second-order valence-corrected chi connectivity index (χ2v) is 7.76. The zero-order valence-corrected chi connectivity index (χ0v) is 17.8. The lowest BCUT2D eigenvalue weighted by Crippen LogP contribution is -2.29. The van der Waals surface area contributed by atoms with Gasteiger partial charge in [0.2, 0.25) is 0 Å². The third kappa shape index (κ3) is 3.87. The molecule has 4 rings (SSSR count). The summed E-state index contributed by atoms with van der Waals surface area (Å²) >= 11 is 17.5. The van der Waals surface area contributed by atoms with Gasteiger partial charge in [0.25, 0.3) is 5.78 Å². The Bertz CT molecular complexity index is 1170. The van der Waals surface area contributed by atoms with Crippen molar-refractivity contribution in [3.05, 3.63) is 100 Å². The Morgan fingerprint density at radius 2 is 1.37 bits per heavy atom. The topological polar surface area (TPSA) is 49.4 Å². The van der Waals surface area contributed by atoms with E-state index in [1.165, 1.54) is 4.90 Å². The standard InChI is InChI=1S/C23H14Cl2N2O2S/c24-15-6-10-17(11-7-15)26-20(14-4-2-1-3-5-14)19-21(28)22(29)27(23(19)30)18-12-8-16(25)9-13-18/h1-13,26H/b20-19+. The van der Waals surface area contributed by atoms with Crippen molar-refractivity contribution in [1.82, 2.24) is 0 Å². The molecule has 1 aliphatic heterocycles. The van der Waals surface area contributed by atoms with Crippen LogP contribution in [0.15, 0.2) is 84.4 Å². The van der Waals surface area contributed by atoms with Gasteiger partial charge in [-0.1, -0.05) is 65.8 Å². The molecule has 1 fully saturated rings. The van der Waals surface area contributed by atoms with Gasteiger partial charge in [-0.15, -0.1) is 0 Å². The molecule has 4 nitrogen and oxygen atoms in total. The third-order valence-corrected chi connectivity index (χ3v) is 5.44. The number of anilines is 2. The van der Waals surface area contributed by atoms with E-state index in [4.69, 9.17) is 35.4 Å². The molecule has 0 saturated carbocycles. The Kier molecular flexibility index (Phi) is 5.68. The Hall–Kier alpha value is -2.99. The number of benzene rings is 3. The second-order valence-electron chi connectivity index (χ2n) is 6.50. The van der Waals surface area contributed by atoms with E-state index < -0.39 is 11.7 Å². The van der Waals surface area contributed by atoms with Crippen LogP contribution in [0.25, 0.3) is 5.70 Å². The van der Waals surface area contributed by atoms with Gasteiger partial charge in [-0.3, -0.25) is 14.5 Å². The van der Waals surface area contributed by atoms with Crippen LogP contribution in [0.5, 0.6) is 0 Å². The van der Waals surface area contributed by atoms with Gasteiger partial charge in [-0.25, -0.2) is 0 Å². The van der Waals surface area contributed by atoms with Crippen LogP contribution >= 0.6 is 35.4 Å². The van der Waals surface area contributed by atoms with E-state index in [0.29, 0.717) is 27.1 Å². The molecule has 0 spiro atoms. The van der Waals surface area contributed by atoms with Crippen LogP contribution in [0.3, 0.4) is 0 Å². The maximum absolute atomic E-state index is 13.0. The largest absolute Gasteiger partial charge is 0.354 e. The van der Waals surface area contributed by atoms with E-state index in [-0.39, 0.29) is 10.6 Å². The molecule has 7 heteroatoms. The molecular weight excluding hydrogens is 439 g/mol. The molecule has 3 aromatic carbocycles. The number of carbonyl (C=O) groups excluding carboxylic acids is 2. The molecule has 1 heterocycles. The molecule has 0 atom stereocenters. The average molecular weight is 453 g/mol. The highest BCUT2D eigenvalue weighted by molar-refractivity contribution is 7.81. The minimum Gasteiger partial charge on any atom is -0.354 e. The van der Waals surface area contributed by atoms with E-state index in [9.17, 15) is 9.59 Å². The smallest absolute Gasteiger partial charge is 0.304 e. The first-order valence-corrected chi connectivity index (χ1v) is 10.1. The number of rotatable bonds is 4. The molecule has 1 N–H and O–H groups in total. The first-order valence-electron chi connectivity index (χ1n) is 8.96. The number of nitrogens with one attached hydrogen (secondary N) is 1. The van der Waals surface area contributed by atoms with Gasteiger partial charge in [0.05, 0.1) is 17.0 Å². The lowest BCUT2D eigenvalue weighted by Gasteiger charge is -2.17. The Labute approximate surface area is 188 Å². The summed E-state index contributed by atoms with van der Waals surface area (Å²) in [6.07, 6.45) is 0. The first-order chi connectivity index (χ1) is 14.5. The van der Waals surface area contributed by atoms with E-state index >= 15 is 0 Å². The number of Topliss-reactive ketones (excluding diaryl/α,β-unsaturated/α-hetero) is 1. The summed E-state index contributed by atoms with van der Waals surface area (Å²) in [6.45, 7) is 0. The maximum Gasteiger partial charge on any atom is 0.304 e. The van der Waals surface area contributed by atoms with Crippen LogP contribution in [0, 0.1) is 0 Å². The molecule has 0 aromatic heterocycles. The number of carbonyl (C=O) groups is 2. The number of halogens is 2. The summed E-state index contributed by atoms with van der Waals surface area (Å²) in [5.41, 5.74) is 2.52. The summed E-state index contributed by atoms with van der Waals surface area (Å²) in [7, 11) is 0. The molecule has 1 saturated heterocycles. The van der Waals surface area contributed by atoms with E-state index in [1.807, 2.05) is 30.3 Å². The fraction of sp³-hybridized carbons (Fsp3) is 0. The summed E-state index contributed by atoms with van der Waals surface area (Å²) in [6, 6.07) is 22.9. The van der Waals surface area contributed by atoms with Crippen LogP contribution in [-0.4, -0.2) is 16.7 Å². The third-order valence-electron chi connectivity index (χ3n) is 4.55. The van der Waals surface area contributed by atoms with Gasteiger partial charge in [-0.05, 0) is 54.1 Å². The SMILES string of the molecule is O=C1C(=O)N(c2ccc(Cl)cc2)C(=S)/C1=C(/Nc1ccc(Cl)cc1)c1ccccc1. The Morgan fingerprint density at radius 3 is 1.97 bits per heavy atom. The molecule has 0 radical (unpaired) electrons.